The van der Waals surface area contributed by atoms with Gasteiger partial charge in [0.25, 0.3) is 5.91 Å². The Hall–Kier alpha value is -3.22. The first-order chi connectivity index (χ1) is 11.0. The molecule has 2 aromatic heterocycles. The maximum absolute atomic E-state index is 11.7. The van der Waals surface area contributed by atoms with Crippen LogP contribution in [0.25, 0.3) is 22.2 Å². The van der Waals surface area contributed by atoms with E-state index in [-0.39, 0.29) is 11.3 Å². The molecule has 0 saturated heterocycles. The summed E-state index contributed by atoms with van der Waals surface area (Å²) in [5, 5.41) is 0. The fourth-order valence-corrected chi connectivity index (χ4v) is 2.59. The van der Waals surface area contributed by atoms with E-state index >= 15 is 0 Å². The third kappa shape index (κ3) is 2.32. The normalized spacial score (nSPS) is 10.7. The number of ether oxygens (including phenoxy) is 1. The lowest BCUT2D eigenvalue weighted by Gasteiger charge is -2.15. The Balaban J connectivity index is 2.45. The van der Waals surface area contributed by atoms with E-state index in [9.17, 15) is 4.79 Å². The molecule has 0 atom stereocenters. The van der Waals surface area contributed by atoms with Gasteiger partial charge in [0.2, 0.25) is 5.88 Å². The standard InChI is InChI=1S/C16H15N5O2/c1-8-9(3-4-21-16(8)23-2)12-13(17)10(15(18)22)7-11-14(12)20-6-5-19-11/h3-7H,17H2,1-2H3,(H2,18,22). The van der Waals surface area contributed by atoms with Crippen LogP contribution in [0.4, 0.5) is 5.69 Å². The molecule has 116 valence electrons. The number of pyridine rings is 1. The van der Waals surface area contributed by atoms with Crippen LogP contribution in [0.3, 0.4) is 0 Å². The Morgan fingerprint density at radius 3 is 2.61 bits per heavy atom. The van der Waals surface area contributed by atoms with E-state index in [1.54, 1.807) is 37.8 Å². The van der Waals surface area contributed by atoms with Crippen LogP contribution in [-0.2, 0) is 0 Å². The number of primary amides is 1. The molecule has 2 heterocycles. The third-order valence-corrected chi connectivity index (χ3v) is 3.69. The average molecular weight is 309 g/mol. The molecule has 0 saturated carbocycles. The lowest BCUT2D eigenvalue weighted by Crippen LogP contribution is -2.15. The lowest BCUT2D eigenvalue weighted by molar-refractivity contribution is 0.100. The molecular formula is C16H15N5O2. The number of rotatable bonds is 3. The second kappa shape index (κ2) is 5.53. The molecule has 4 N–H and O–H groups in total. The Morgan fingerprint density at radius 2 is 1.91 bits per heavy atom. The van der Waals surface area contributed by atoms with Gasteiger partial charge in [-0.3, -0.25) is 14.8 Å². The van der Waals surface area contributed by atoms with Crippen LogP contribution in [0.2, 0.25) is 0 Å². The average Bonchev–Trinajstić information content (AvgIpc) is 2.55. The number of nitrogens with zero attached hydrogens (tertiary/aromatic N) is 3. The van der Waals surface area contributed by atoms with Gasteiger partial charge in [-0.25, -0.2) is 4.98 Å². The molecular weight excluding hydrogens is 294 g/mol. The number of fused-ring (bicyclic) bond motifs is 1. The number of nitrogen functional groups attached to an aromatic ring is 1. The van der Waals surface area contributed by atoms with Crippen molar-refractivity contribution in [1.29, 1.82) is 0 Å². The molecule has 0 bridgehead atoms. The summed E-state index contributed by atoms with van der Waals surface area (Å²) in [7, 11) is 1.54. The minimum atomic E-state index is -0.616. The van der Waals surface area contributed by atoms with Gasteiger partial charge in [0.1, 0.15) is 0 Å². The topological polar surface area (TPSA) is 117 Å². The van der Waals surface area contributed by atoms with Crippen molar-refractivity contribution in [1.82, 2.24) is 15.0 Å². The van der Waals surface area contributed by atoms with Crippen molar-refractivity contribution >= 4 is 22.6 Å². The summed E-state index contributed by atoms with van der Waals surface area (Å²) < 4.78 is 5.26. The number of methoxy groups -OCH3 is 1. The third-order valence-electron chi connectivity index (χ3n) is 3.69. The van der Waals surface area contributed by atoms with E-state index in [0.717, 1.165) is 11.1 Å². The van der Waals surface area contributed by atoms with Gasteiger partial charge in [-0.05, 0) is 24.6 Å². The maximum atomic E-state index is 11.7. The number of aromatic nitrogens is 3. The van der Waals surface area contributed by atoms with Crippen molar-refractivity contribution in [3.8, 4) is 17.0 Å². The molecule has 1 amide bonds. The molecule has 7 heteroatoms. The van der Waals surface area contributed by atoms with Gasteiger partial charge >= 0.3 is 0 Å². The first kappa shape index (κ1) is 14.7. The monoisotopic (exact) mass is 309 g/mol. The Bertz CT molecular complexity index is 924. The van der Waals surface area contributed by atoms with Crippen LogP contribution in [0.15, 0.2) is 30.7 Å². The van der Waals surface area contributed by atoms with Crippen molar-refractivity contribution in [3.05, 3.63) is 41.9 Å². The summed E-state index contributed by atoms with van der Waals surface area (Å²) in [6, 6.07) is 3.35. The molecule has 0 radical (unpaired) electrons. The SMILES string of the molecule is COc1nccc(-c2c(N)c(C(N)=O)cc3nccnc23)c1C. The number of anilines is 1. The summed E-state index contributed by atoms with van der Waals surface area (Å²) in [5.74, 6) is -0.140. The number of hydrogen-bond donors (Lipinski definition) is 2. The molecule has 0 spiro atoms. The minimum absolute atomic E-state index is 0.211. The van der Waals surface area contributed by atoms with Gasteiger partial charge in [-0.2, -0.15) is 0 Å². The van der Waals surface area contributed by atoms with Crippen LogP contribution in [0.5, 0.6) is 5.88 Å². The van der Waals surface area contributed by atoms with E-state index in [2.05, 4.69) is 15.0 Å². The van der Waals surface area contributed by atoms with Gasteiger partial charge in [0, 0.05) is 29.7 Å². The van der Waals surface area contributed by atoms with Crippen LogP contribution >= 0.6 is 0 Å². The second-order valence-electron chi connectivity index (χ2n) is 4.99. The molecule has 7 nitrogen and oxygen atoms in total. The number of nitrogens with two attached hydrogens (primary N) is 2. The number of carbonyl (C=O) groups excluding carboxylic acids is 1. The summed E-state index contributed by atoms with van der Waals surface area (Å²) in [6.07, 6.45) is 4.73. The summed E-state index contributed by atoms with van der Waals surface area (Å²) in [6.45, 7) is 1.86. The maximum Gasteiger partial charge on any atom is 0.250 e. The number of hydrogen-bond acceptors (Lipinski definition) is 6. The molecule has 3 rings (SSSR count). The molecule has 0 unspecified atom stereocenters. The highest BCUT2D eigenvalue weighted by molar-refractivity contribution is 6.09. The van der Waals surface area contributed by atoms with Crippen LogP contribution in [0, 0.1) is 6.92 Å². The highest BCUT2D eigenvalue weighted by Crippen LogP contribution is 2.38. The molecule has 23 heavy (non-hydrogen) atoms. The van der Waals surface area contributed by atoms with Crippen molar-refractivity contribution in [2.75, 3.05) is 12.8 Å². The second-order valence-corrected chi connectivity index (χ2v) is 4.99. The molecule has 0 aliphatic carbocycles. The molecule has 3 aromatic rings. The predicted molar refractivity (Wildman–Crippen MR) is 87.0 cm³/mol. The van der Waals surface area contributed by atoms with Crippen LogP contribution < -0.4 is 16.2 Å². The highest BCUT2D eigenvalue weighted by atomic mass is 16.5. The first-order valence-corrected chi connectivity index (χ1v) is 6.87. The van der Waals surface area contributed by atoms with Gasteiger partial charge < -0.3 is 16.2 Å². The fraction of sp³-hybridized carbons (Fsp3) is 0.125. The Morgan fingerprint density at radius 1 is 1.17 bits per heavy atom. The largest absolute Gasteiger partial charge is 0.481 e. The lowest BCUT2D eigenvalue weighted by atomic mass is 9.95. The number of benzene rings is 1. The zero-order valence-electron chi connectivity index (χ0n) is 12.7. The van der Waals surface area contributed by atoms with E-state index in [1.807, 2.05) is 6.92 Å². The Kier molecular flexibility index (Phi) is 3.53. The smallest absolute Gasteiger partial charge is 0.250 e. The van der Waals surface area contributed by atoms with Crippen molar-refractivity contribution < 1.29 is 9.53 Å². The zero-order valence-corrected chi connectivity index (χ0v) is 12.7. The van der Waals surface area contributed by atoms with E-state index < -0.39 is 5.91 Å². The van der Waals surface area contributed by atoms with Crippen molar-refractivity contribution in [3.63, 3.8) is 0 Å². The van der Waals surface area contributed by atoms with E-state index in [4.69, 9.17) is 16.2 Å². The predicted octanol–water partition coefficient (Wildman–Crippen LogP) is 1.69. The first-order valence-electron chi connectivity index (χ1n) is 6.87. The summed E-state index contributed by atoms with van der Waals surface area (Å²) in [5.41, 5.74) is 15.4. The molecule has 0 fully saturated rings. The van der Waals surface area contributed by atoms with Crippen molar-refractivity contribution in [2.45, 2.75) is 6.92 Å². The molecule has 0 aliphatic rings. The number of amides is 1. The highest BCUT2D eigenvalue weighted by Gasteiger charge is 2.20. The van der Waals surface area contributed by atoms with Gasteiger partial charge in [0.15, 0.2) is 0 Å². The van der Waals surface area contributed by atoms with Gasteiger partial charge in [-0.1, -0.05) is 0 Å². The van der Waals surface area contributed by atoms with E-state index in [0.29, 0.717) is 22.5 Å². The van der Waals surface area contributed by atoms with Gasteiger partial charge in [0.05, 0.1) is 29.4 Å². The summed E-state index contributed by atoms with van der Waals surface area (Å²) >= 11 is 0. The van der Waals surface area contributed by atoms with Crippen LogP contribution in [-0.4, -0.2) is 28.0 Å². The van der Waals surface area contributed by atoms with Gasteiger partial charge in [-0.15, -0.1) is 0 Å². The van der Waals surface area contributed by atoms with Crippen molar-refractivity contribution in [2.24, 2.45) is 5.73 Å². The fourth-order valence-electron chi connectivity index (χ4n) is 2.59. The Labute approximate surface area is 132 Å². The molecule has 1 aromatic carbocycles. The summed E-state index contributed by atoms with van der Waals surface area (Å²) in [4.78, 5) is 24.5. The zero-order chi connectivity index (χ0) is 16.6. The quantitative estimate of drug-likeness (QED) is 0.711. The molecule has 0 aliphatic heterocycles. The minimum Gasteiger partial charge on any atom is -0.481 e. The van der Waals surface area contributed by atoms with E-state index in [1.165, 1.54) is 0 Å². The van der Waals surface area contributed by atoms with Crippen LogP contribution in [0.1, 0.15) is 15.9 Å². The number of carbonyl (C=O) groups is 1.